The van der Waals surface area contributed by atoms with Crippen LogP contribution in [0.15, 0.2) is 10.7 Å². The molecule has 1 aromatic rings. The second-order valence-corrected chi connectivity index (χ2v) is 8.04. The van der Waals surface area contributed by atoms with E-state index in [4.69, 9.17) is 0 Å². The van der Waals surface area contributed by atoms with Crippen LogP contribution in [0.3, 0.4) is 0 Å². The summed E-state index contributed by atoms with van der Waals surface area (Å²) in [6.45, 7) is 6.51. The molecular formula is C16H28BrN3S. The minimum atomic E-state index is 0.402. The number of aromatic nitrogens is 2. The summed E-state index contributed by atoms with van der Waals surface area (Å²) < 4.78 is 3.32. The molecule has 1 unspecified atom stereocenters. The van der Waals surface area contributed by atoms with E-state index in [0.29, 0.717) is 6.04 Å². The molecule has 1 aliphatic rings. The van der Waals surface area contributed by atoms with Crippen molar-refractivity contribution in [3.8, 4) is 0 Å². The van der Waals surface area contributed by atoms with Crippen molar-refractivity contribution in [3.05, 3.63) is 16.4 Å². The van der Waals surface area contributed by atoms with Crippen LogP contribution in [0.25, 0.3) is 0 Å². The lowest BCUT2D eigenvalue weighted by Crippen LogP contribution is -2.27. The summed E-state index contributed by atoms with van der Waals surface area (Å²) >= 11 is 5.85. The third-order valence-corrected chi connectivity index (χ3v) is 6.12. The Balaban J connectivity index is 2.04. The number of hydrogen-bond donors (Lipinski definition) is 1. The highest BCUT2D eigenvalue weighted by molar-refractivity contribution is 9.10. The minimum Gasteiger partial charge on any atom is -0.308 e. The fourth-order valence-electron chi connectivity index (χ4n) is 2.95. The summed E-state index contributed by atoms with van der Waals surface area (Å²) in [5.74, 6) is 1.15. The molecule has 0 aromatic carbocycles. The normalized spacial score (nSPS) is 17.5. The molecular weight excluding hydrogens is 346 g/mol. The Morgan fingerprint density at radius 2 is 2.14 bits per heavy atom. The fourth-order valence-corrected chi connectivity index (χ4v) is 4.93. The van der Waals surface area contributed by atoms with E-state index >= 15 is 0 Å². The van der Waals surface area contributed by atoms with Crippen LogP contribution < -0.4 is 5.32 Å². The molecule has 1 aliphatic carbocycles. The van der Waals surface area contributed by atoms with Gasteiger partial charge in [-0.1, -0.05) is 26.7 Å². The maximum Gasteiger partial charge on any atom is 0.0704 e. The largest absolute Gasteiger partial charge is 0.308 e. The zero-order chi connectivity index (χ0) is 15.1. The van der Waals surface area contributed by atoms with Crippen LogP contribution in [0.4, 0.5) is 0 Å². The maximum absolute atomic E-state index is 4.53. The topological polar surface area (TPSA) is 29.9 Å². The molecule has 1 heterocycles. The van der Waals surface area contributed by atoms with Crippen LogP contribution >= 0.6 is 27.7 Å². The summed E-state index contributed by atoms with van der Waals surface area (Å²) in [7, 11) is 0. The predicted octanol–water partition coefficient (Wildman–Crippen LogP) is 4.77. The standard InChI is InChI=1S/C16H28BrN3S/c1-3-9-18-15(12-21-13-7-5-6-8-13)16-14(17)11-19-20(16)10-4-2/h11,13,15,18H,3-10,12H2,1-2H3. The molecule has 0 radical (unpaired) electrons. The minimum absolute atomic E-state index is 0.402. The van der Waals surface area contributed by atoms with Gasteiger partial charge >= 0.3 is 0 Å². The van der Waals surface area contributed by atoms with Gasteiger partial charge in [-0.25, -0.2) is 0 Å². The highest BCUT2D eigenvalue weighted by Crippen LogP contribution is 2.33. The summed E-state index contributed by atoms with van der Waals surface area (Å²) in [5.41, 5.74) is 1.33. The quantitative estimate of drug-likeness (QED) is 0.675. The number of hydrogen-bond acceptors (Lipinski definition) is 3. The van der Waals surface area contributed by atoms with Crippen molar-refractivity contribution in [2.24, 2.45) is 0 Å². The molecule has 1 aromatic heterocycles. The number of halogens is 1. The van der Waals surface area contributed by atoms with Crippen molar-refractivity contribution < 1.29 is 0 Å². The van der Waals surface area contributed by atoms with Crippen LogP contribution in [-0.2, 0) is 6.54 Å². The molecule has 0 aliphatic heterocycles. The predicted molar refractivity (Wildman–Crippen MR) is 96.0 cm³/mol. The van der Waals surface area contributed by atoms with Crippen molar-refractivity contribution >= 4 is 27.7 Å². The average molecular weight is 374 g/mol. The third kappa shape index (κ3) is 5.00. The van der Waals surface area contributed by atoms with Crippen LogP contribution in [0.1, 0.15) is 64.1 Å². The smallest absolute Gasteiger partial charge is 0.0704 e. The summed E-state index contributed by atoms with van der Waals surface area (Å²) in [6.07, 6.45) is 9.89. The lowest BCUT2D eigenvalue weighted by atomic mass is 10.2. The lowest BCUT2D eigenvalue weighted by Gasteiger charge is -2.22. The highest BCUT2D eigenvalue weighted by atomic mass is 79.9. The number of rotatable bonds is 9. The van der Waals surface area contributed by atoms with Crippen molar-refractivity contribution in [2.75, 3.05) is 12.3 Å². The molecule has 2 rings (SSSR count). The van der Waals surface area contributed by atoms with Crippen molar-refractivity contribution in [1.82, 2.24) is 15.1 Å². The average Bonchev–Trinajstić information content (AvgIpc) is 3.11. The van der Waals surface area contributed by atoms with Gasteiger partial charge in [0.05, 0.1) is 22.4 Å². The third-order valence-electron chi connectivity index (χ3n) is 4.04. The van der Waals surface area contributed by atoms with Crippen LogP contribution in [-0.4, -0.2) is 27.3 Å². The van der Waals surface area contributed by atoms with Gasteiger partial charge in [-0.15, -0.1) is 0 Å². The SMILES string of the molecule is CCCNC(CSC1CCCC1)c1c(Br)cnn1CCC. The zero-order valence-corrected chi connectivity index (χ0v) is 15.7. The van der Waals surface area contributed by atoms with E-state index in [9.17, 15) is 0 Å². The molecule has 0 amide bonds. The first-order chi connectivity index (χ1) is 10.3. The van der Waals surface area contributed by atoms with E-state index in [1.54, 1.807) is 0 Å². The number of nitrogens with zero attached hydrogens (tertiary/aromatic N) is 2. The van der Waals surface area contributed by atoms with E-state index < -0.39 is 0 Å². The van der Waals surface area contributed by atoms with Gasteiger partial charge in [0.1, 0.15) is 0 Å². The van der Waals surface area contributed by atoms with Crippen molar-refractivity contribution in [3.63, 3.8) is 0 Å². The van der Waals surface area contributed by atoms with E-state index in [0.717, 1.165) is 35.0 Å². The summed E-state index contributed by atoms with van der Waals surface area (Å²) in [5, 5.41) is 9.13. The van der Waals surface area contributed by atoms with Gasteiger partial charge in [-0.3, -0.25) is 4.68 Å². The molecule has 1 fully saturated rings. The number of thioether (sulfide) groups is 1. The van der Waals surface area contributed by atoms with Gasteiger partial charge in [0.25, 0.3) is 0 Å². The Morgan fingerprint density at radius 1 is 1.38 bits per heavy atom. The second kappa shape index (κ2) is 9.21. The molecule has 1 N–H and O–H groups in total. The van der Waals surface area contributed by atoms with Crippen molar-refractivity contribution in [2.45, 2.75) is 70.2 Å². The van der Waals surface area contributed by atoms with Crippen LogP contribution in [0.5, 0.6) is 0 Å². The molecule has 1 atom stereocenters. The number of aryl methyl sites for hydroxylation is 1. The Hall–Kier alpha value is 0. The Bertz CT molecular complexity index is 416. The Labute approximate surface area is 141 Å². The first-order valence-corrected chi connectivity index (χ1v) is 10.2. The monoisotopic (exact) mass is 373 g/mol. The van der Waals surface area contributed by atoms with E-state index in [1.165, 1.54) is 37.8 Å². The molecule has 3 nitrogen and oxygen atoms in total. The first kappa shape index (κ1) is 17.4. The molecule has 120 valence electrons. The van der Waals surface area contributed by atoms with Crippen LogP contribution in [0.2, 0.25) is 0 Å². The number of nitrogens with one attached hydrogen (secondary N) is 1. The lowest BCUT2D eigenvalue weighted by molar-refractivity contribution is 0.497. The van der Waals surface area contributed by atoms with Gasteiger partial charge in [0, 0.05) is 17.5 Å². The first-order valence-electron chi connectivity index (χ1n) is 8.32. The van der Waals surface area contributed by atoms with E-state index in [2.05, 4.69) is 56.6 Å². The molecule has 1 saturated carbocycles. The maximum atomic E-state index is 4.53. The summed E-state index contributed by atoms with van der Waals surface area (Å²) in [6, 6.07) is 0.402. The van der Waals surface area contributed by atoms with Crippen molar-refractivity contribution in [1.29, 1.82) is 0 Å². The fraction of sp³-hybridized carbons (Fsp3) is 0.812. The van der Waals surface area contributed by atoms with E-state index in [1.807, 2.05) is 6.20 Å². The highest BCUT2D eigenvalue weighted by Gasteiger charge is 2.22. The van der Waals surface area contributed by atoms with Gasteiger partial charge < -0.3 is 5.32 Å². The van der Waals surface area contributed by atoms with Crippen LogP contribution in [0, 0.1) is 0 Å². The molecule has 21 heavy (non-hydrogen) atoms. The zero-order valence-electron chi connectivity index (χ0n) is 13.3. The Morgan fingerprint density at radius 3 is 2.81 bits per heavy atom. The molecule has 0 saturated heterocycles. The molecule has 0 spiro atoms. The second-order valence-electron chi connectivity index (χ2n) is 5.85. The van der Waals surface area contributed by atoms with Gasteiger partial charge in [-0.2, -0.15) is 16.9 Å². The van der Waals surface area contributed by atoms with Gasteiger partial charge in [-0.05, 0) is 48.2 Å². The summed E-state index contributed by atoms with van der Waals surface area (Å²) in [4.78, 5) is 0. The molecule has 0 bridgehead atoms. The molecule has 5 heteroatoms. The van der Waals surface area contributed by atoms with E-state index in [-0.39, 0.29) is 0 Å². The Kier molecular flexibility index (Phi) is 7.61. The van der Waals surface area contributed by atoms with Gasteiger partial charge in [0.15, 0.2) is 0 Å². The van der Waals surface area contributed by atoms with Gasteiger partial charge in [0.2, 0.25) is 0 Å².